The van der Waals surface area contributed by atoms with Crippen LogP contribution >= 0.6 is 0 Å². The predicted octanol–water partition coefficient (Wildman–Crippen LogP) is 3.07. The molecule has 1 saturated heterocycles. The fraction of sp³-hybridized carbons (Fsp3) is 0.600. The lowest BCUT2D eigenvalue weighted by Crippen LogP contribution is -2.45. The van der Waals surface area contributed by atoms with Crippen LogP contribution in [-0.4, -0.2) is 24.0 Å². The Morgan fingerprint density at radius 1 is 1.04 bits per heavy atom. The van der Waals surface area contributed by atoms with Gasteiger partial charge in [-0.05, 0) is 56.2 Å². The van der Waals surface area contributed by atoms with Crippen molar-refractivity contribution in [3.8, 4) is 5.75 Å². The summed E-state index contributed by atoms with van der Waals surface area (Å²) >= 11 is 0. The Kier molecular flexibility index (Phi) is 6.31. The number of rotatable bonds is 5. The molecule has 1 aliphatic carbocycles. The average Bonchev–Trinajstić information content (AvgIpc) is 2.86. The van der Waals surface area contributed by atoms with Crippen LogP contribution in [0.2, 0.25) is 0 Å². The van der Waals surface area contributed by atoms with E-state index in [9.17, 15) is 9.59 Å². The highest BCUT2D eigenvalue weighted by Crippen LogP contribution is 2.23. The van der Waals surface area contributed by atoms with E-state index in [1.807, 2.05) is 24.3 Å². The monoisotopic (exact) mass is 344 g/mol. The Hall–Kier alpha value is -2.04. The highest BCUT2D eigenvalue weighted by molar-refractivity contribution is 5.87. The van der Waals surface area contributed by atoms with Crippen LogP contribution in [0.25, 0.3) is 0 Å². The number of ether oxygens (including phenoxy) is 1. The molecule has 5 nitrogen and oxygen atoms in total. The van der Waals surface area contributed by atoms with E-state index in [1.165, 1.54) is 19.3 Å². The molecule has 2 fully saturated rings. The Morgan fingerprint density at radius 3 is 2.52 bits per heavy atom. The molecule has 2 aliphatic rings. The molecule has 2 amide bonds. The van der Waals surface area contributed by atoms with Gasteiger partial charge in [-0.1, -0.05) is 25.0 Å². The van der Waals surface area contributed by atoms with Gasteiger partial charge in [0.2, 0.25) is 11.8 Å². The van der Waals surface area contributed by atoms with Gasteiger partial charge in [-0.3, -0.25) is 9.59 Å². The summed E-state index contributed by atoms with van der Waals surface area (Å²) < 4.78 is 6.02. The van der Waals surface area contributed by atoms with Gasteiger partial charge in [0.1, 0.15) is 11.8 Å². The first-order valence-corrected chi connectivity index (χ1v) is 9.53. The number of carbonyl (C=O) groups excluding carboxylic acids is 2. The molecule has 1 heterocycles. The zero-order valence-electron chi connectivity index (χ0n) is 14.8. The largest absolute Gasteiger partial charge is 0.490 e. The normalized spacial score (nSPS) is 21.9. The lowest BCUT2D eigenvalue weighted by atomic mass is 9.98. The van der Waals surface area contributed by atoms with Crippen LogP contribution in [0.5, 0.6) is 5.75 Å². The molecule has 5 heteroatoms. The number of hydrogen-bond donors (Lipinski definition) is 2. The standard InChI is InChI=1S/C20H28N2O3/c23-19-9-5-4-8-18(22-19)20(24)21-14-15-10-12-17(13-11-15)25-16-6-2-1-3-7-16/h10-13,16,18H,1-9,14H2,(H,21,24)(H,22,23). The van der Waals surface area contributed by atoms with Gasteiger partial charge in [0, 0.05) is 13.0 Å². The fourth-order valence-corrected chi connectivity index (χ4v) is 3.54. The minimum absolute atomic E-state index is 0.0261. The molecule has 0 aromatic heterocycles. The van der Waals surface area contributed by atoms with Crippen LogP contribution in [0.4, 0.5) is 0 Å². The quantitative estimate of drug-likeness (QED) is 0.862. The zero-order valence-corrected chi connectivity index (χ0v) is 14.8. The summed E-state index contributed by atoms with van der Waals surface area (Å²) in [7, 11) is 0. The molecule has 25 heavy (non-hydrogen) atoms. The highest BCUT2D eigenvalue weighted by atomic mass is 16.5. The fourth-order valence-electron chi connectivity index (χ4n) is 3.54. The molecular weight excluding hydrogens is 316 g/mol. The smallest absolute Gasteiger partial charge is 0.242 e. The van der Waals surface area contributed by atoms with Gasteiger partial charge in [-0.2, -0.15) is 0 Å². The van der Waals surface area contributed by atoms with Gasteiger partial charge in [-0.15, -0.1) is 0 Å². The van der Waals surface area contributed by atoms with Crippen molar-refractivity contribution in [2.75, 3.05) is 0 Å². The van der Waals surface area contributed by atoms with E-state index in [2.05, 4.69) is 10.6 Å². The third-order valence-corrected chi connectivity index (χ3v) is 5.04. The zero-order chi connectivity index (χ0) is 17.5. The predicted molar refractivity (Wildman–Crippen MR) is 96.2 cm³/mol. The SMILES string of the molecule is O=C1CCCCC(C(=O)NCc2ccc(OC3CCCCC3)cc2)N1. The molecule has 1 saturated carbocycles. The summed E-state index contributed by atoms with van der Waals surface area (Å²) in [5.41, 5.74) is 1.03. The van der Waals surface area contributed by atoms with Crippen LogP contribution in [0, 0.1) is 0 Å². The average molecular weight is 344 g/mol. The van der Waals surface area contributed by atoms with Crippen molar-refractivity contribution in [3.05, 3.63) is 29.8 Å². The second-order valence-corrected chi connectivity index (χ2v) is 7.11. The van der Waals surface area contributed by atoms with Crippen LogP contribution in [0.3, 0.4) is 0 Å². The van der Waals surface area contributed by atoms with Crippen molar-refractivity contribution in [2.24, 2.45) is 0 Å². The number of carbonyl (C=O) groups is 2. The number of benzene rings is 1. The first-order valence-electron chi connectivity index (χ1n) is 9.53. The summed E-state index contributed by atoms with van der Waals surface area (Å²) in [6, 6.07) is 7.53. The van der Waals surface area contributed by atoms with E-state index in [-0.39, 0.29) is 11.8 Å². The van der Waals surface area contributed by atoms with E-state index < -0.39 is 6.04 Å². The molecule has 136 valence electrons. The van der Waals surface area contributed by atoms with Gasteiger partial charge < -0.3 is 15.4 Å². The number of nitrogens with one attached hydrogen (secondary N) is 2. The van der Waals surface area contributed by atoms with Gasteiger partial charge >= 0.3 is 0 Å². The third kappa shape index (κ3) is 5.48. The summed E-state index contributed by atoms with van der Waals surface area (Å²) in [4.78, 5) is 23.8. The summed E-state index contributed by atoms with van der Waals surface area (Å²) in [6.07, 6.45) is 9.47. The third-order valence-electron chi connectivity index (χ3n) is 5.04. The maximum Gasteiger partial charge on any atom is 0.242 e. The second-order valence-electron chi connectivity index (χ2n) is 7.11. The van der Waals surface area contributed by atoms with Crippen LogP contribution < -0.4 is 15.4 Å². The molecule has 0 bridgehead atoms. The number of hydrogen-bond acceptors (Lipinski definition) is 3. The maximum absolute atomic E-state index is 12.2. The Morgan fingerprint density at radius 2 is 1.76 bits per heavy atom. The molecular formula is C20H28N2O3. The first kappa shape index (κ1) is 17.8. The molecule has 1 unspecified atom stereocenters. The van der Waals surface area contributed by atoms with Crippen molar-refractivity contribution < 1.29 is 14.3 Å². The van der Waals surface area contributed by atoms with E-state index >= 15 is 0 Å². The van der Waals surface area contributed by atoms with Crippen molar-refractivity contribution in [3.63, 3.8) is 0 Å². The minimum Gasteiger partial charge on any atom is -0.490 e. The van der Waals surface area contributed by atoms with Gasteiger partial charge in [0.05, 0.1) is 6.10 Å². The Bertz CT molecular complexity index is 579. The molecule has 3 rings (SSSR count). The van der Waals surface area contributed by atoms with E-state index in [0.717, 1.165) is 37.0 Å². The van der Waals surface area contributed by atoms with Gasteiger partial charge in [0.15, 0.2) is 0 Å². The van der Waals surface area contributed by atoms with Gasteiger partial charge in [0.25, 0.3) is 0 Å². The Balaban J connectivity index is 1.46. The minimum atomic E-state index is -0.399. The maximum atomic E-state index is 12.2. The van der Waals surface area contributed by atoms with Crippen molar-refractivity contribution >= 4 is 11.8 Å². The van der Waals surface area contributed by atoms with E-state index in [1.54, 1.807) is 0 Å². The van der Waals surface area contributed by atoms with Gasteiger partial charge in [-0.25, -0.2) is 0 Å². The summed E-state index contributed by atoms with van der Waals surface area (Å²) in [6.45, 7) is 0.467. The second kappa shape index (κ2) is 8.88. The summed E-state index contributed by atoms with van der Waals surface area (Å²) in [5.74, 6) is 0.776. The van der Waals surface area contributed by atoms with E-state index in [0.29, 0.717) is 25.5 Å². The summed E-state index contributed by atoms with van der Waals surface area (Å²) in [5, 5.41) is 5.72. The lowest BCUT2D eigenvalue weighted by molar-refractivity contribution is -0.128. The molecule has 1 aliphatic heterocycles. The van der Waals surface area contributed by atoms with E-state index in [4.69, 9.17) is 4.74 Å². The van der Waals surface area contributed by atoms with Crippen molar-refractivity contribution in [2.45, 2.75) is 76.5 Å². The highest BCUT2D eigenvalue weighted by Gasteiger charge is 2.22. The molecule has 1 aromatic rings. The van der Waals surface area contributed by atoms with Crippen molar-refractivity contribution in [1.29, 1.82) is 0 Å². The van der Waals surface area contributed by atoms with Crippen molar-refractivity contribution in [1.82, 2.24) is 10.6 Å². The molecule has 1 aromatic carbocycles. The number of amides is 2. The topological polar surface area (TPSA) is 67.4 Å². The molecule has 2 N–H and O–H groups in total. The lowest BCUT2D eigenvalue weighted by Gasteiger charge is -2.23. The van der Waals surface area contributed by atoms with Crippen LogP contribution in [0.15, 0.2) is 24.3 Å². The molecule has 0 radical (unpaired) electrons. The first-order chi connectivity index (χ1) is 12.2. The van der Waals surface area contributed by atoms with Crippen LogP contribution in [0.1, 0.15) is 63.4 Å². The Labute approximate surface area is 149 Å². The van der Waals surface area contributed by atoms with Crippen LogP contribution in [-0.2, 0) is 16.1 Å². The molecule has 0 spiro atoms. The molecule has 1 atom stereocenters.